The summed E-state index contributed by atoms with van der Waals surface area (Å²) in [4.78, 5) is 26.7. The van der Waals surface area contributed by atoms with Crippen molar-refractivity contribution in [3.05, 3.63) is 18.2 Å². The summed E-state index contributed by atoms with van der Waals surface area (Å²) in [7, 11) is 1.58. The molecule has 3 amide bonds. The van der Waals surface area contributed by atoms with Crippen molar-refractivity contribution in [3.63, 3.8) is 0 Å². The molecule has 0 bridgehead atoms. The van der Waals surface area contributed by atoms with Gasteiger partial charge in [0, 0.05) is 25.9 Å². The first-order valence-electron chi connectivity index (χ1n) is 8.87. The van der Waals surface area contributed by atoms with E-state index >= 15 is 0 Å². The number of nitrogens with zero attached hydrogens (tertiary/aromatic N) is 1. The number of hydrogen-bond acceptors (Lipinski definition) is 4. The Balaban J connectivity index is 2.26. The maximum Gasteiger partial charge on any atom is 0.319 e. The molecule has 1 aliphatic rings. The van der Waals surface area contributed by atoms with Crippen molar-refractivity contribution in [3.8, 4) is 5.75 Å². The Morgan fingerprint density at radius 3 is 2.77 bits per heavy atom. The molecule has 1 heterocycles. The van der Waals surface area contributed by atoms with Crippen LogP contribution in [0.1, 0.15) is 27.7 Å². The highest BCUT2D eigenvalue weighted by Crippen LogP contribution is 2.38. The molecule has 7 heteroatoms. The Kier molecular flexibility index (Phi) is 6.47. The Labute approximate surface area is 155 Å². The van der Waals surface area contributed by atoms with Crippen LogP contribution in [0.15, 0.2) is 18.2 Å². The lowest BCUT2D eigenvalue weighted by atomic mass is 9.92. The summed E-state index contributed by atoms with van der Waals surface area (Å²) in [6, 6.07) is 5.03. The fraction of sp³-hybridized carbons (Fsp3) is 0.579. The van der Waals surface area contributed by atoms with E-state index in [4.69, 9.17) is 9.47 Å². The molecule has 0 saturated heterocycles. The number of hydrogen-bond donors (Lipinski definition) is 2. The van der Waals surface area contributed by atoms with E-state index in [-0.39, 0.29) is 11.9 Å². The van der Waals surface area contributed by atoms with Gasteiger partial charge in [0.25, 0.3) is 0 Å². The monoisotopic (exact) mass is 363 g/mol. The second kappa shape index (κ2) is 8.40. The van der Waals surface area contributed by atoms with Gasteiger partial charge in [0.2, 0.25) is 5.91 Å². The van der Waals surface area contributed by atoms with Gasteiger partial charge in [-0.1, -0.05) is 13.8 Å². The predicted octanol–water partition coefficient (Wildman–Crippen LogP) is 2.86. The van der Waals surface area contributed by atoms with Crippen LogP contribution in [0.5, 0.6) is 5.75 Å². The molecule has 0 atom stereocenters. The Morgan fingerprint density at radius 2 is 2.12 bits per heavy atom. The largest absolute Gasteiger partial charge is 0.490 e. The molecular weight excluding hydrogens is 334 g/mol. The summed E-state index contributed by atoms with van der Waals surface area (Å²) in [6.45, 7) is 9.67. The quantitative estimate of drug-likeness (QED) is 0.762. The van der Waals surface area contributed by atoms with Crippen LogP contribution in [0.2, 0.25) is 0 Å². The van der Waals surface area contributed by atoms with Crippen LogP contribution in [-0.4, -0.2) is 45.4 Å². The van der Waals surface area contributed by atoms with Crippen LogP contribution >= 0.6 is 0 Å². The maximum atomic E-state index is 13.0. The minimum atomic E-state index is -0.612. The molecular formula is C19H29N3O4. The molecule has 26 heavy (non-hydrogen) atoms. The lowest BCUT2D eigenvalue weighted by Gasteiger charge is -2.29. The zero-order valence-electron chi connectivity index (χ0n) is 16.2. The summed E-state index contributed by atoms with van der Waals surface area (Å²) in [5, 5.41) is 5.48. The Hall–Kier alpha value is -2.28. The normalized spacial score (nSPS) is 15.9. The number of rotatable bonds is 6. The minimum Gasteiger partial charge on any atom is -0.490 e. The fourth-order valence-electron chi connectivity index (χ4n) is 2.71. The van der Waals surface area contributed by atoms with E-state index in [2.05, 4.69) is 24.5 Å². The number of benzene rings is 1. The van der Waals surface area contributed by atoms with Gasteiger partial charge in [0.15, 0.2) is 0 Å². The molecule has 2 N–H and O–H groups in total. The molecule has 1 aliphatic heterocycles. The lowest BCUT2D eigenvalue weighted by Crippen LogP contribution is -2.43. The molecule has 1 aromatic carbocycles. The van der Waals surface area contributed by atoms with Crippen LogP contribution in [0, 0.1) is 11.3 Å². The topological polar surface area (TPSA) is 79.9 Å². The minimum absolute atomic E-state index is 0.0200. The van der Waals surface area contributed by atoms with Crippen LogP contribution in [0.3, 0.4) is 0 Å². The Bertz CT molecular complexity index is 658. The van der Waals surface area contributed by atoms with E-state index in [1.807, 2.05) is 13.8 Å². The first-order valence-corrected chi connectivity index (χ1v) is 8.87. The van der Waals surface area contributed by atoms with Gasteiger partial charge >= 0.3 is 6.03 Å². The van der Waals surface area contributed by atoms with Crippen LogP contribution < -0.4 is 20.3 Å². The third-order valence-corrected chi connectivity index (χ3v) is 4.06. The number of methoxy groups -OCH3 is 1. The summed E-state index contributed by atoms with van der Waals surface area (Å²) in [6.07, 6.45) is 0. The van der Waals surface area contributed by atoms with Crippen LogP contribution in [0.25, 0.3) is 0 Å². The number of urea groups is 1. The Morgan fingerprint density at radius 1 is 1.38 bits per heavy atom. The van der Waals surface area contributed by atoms with Crippen LogP contribution in [-0.2, 0) is 9.53 Å². The molecule has 0 aliphatic carbocycles. The summed E-state index contributed by atoms with van der Waals surface area (Å²) < 4.78 is 10.8. The lowest BCUT2D eigenvalue weighted by molar-refractivity contribution is -0.127. The number of nitrogens with one attached hydrogen (secondary N) is 2. The summed E-state index contributed by atoms with van der Waals surface area (Å²) in [5.74, 6) is 0.969. The zero-order chi connectivity index (χ0) is 19.3. The van der Waals surface area contributed by atoms with Gasteiger partial charge in [0.05, 0.1) is 17.7 Å². The first kappa shape index (κ1) is 20.0. The van der Waals surface area contributed by atoms with Gasteiger partial charge in [-0.25, -0.2) is 4.79 Å². The van der Waals surface area contributed by atoms with Crippen molar-refractivity contribution in [1.82, 2.24) is 5.32 Å². The molecule has 0 radical (unpaired) electrons. The molecule has 0 saturated carbocycles. The number of carbonyl (C=O) groups excluding carboxylic acids is 2. The highest BCUT2D eigenvalue weighted by molar-refractivity contribution is 6.00. The van der Waals surface area contributed by atoms with Crippen molar-refractivity contribution in [2.24, 2.45) is 11.3 Å². The number of amides is 3. The molecule has 0 unspecified atom stereocenters. The predicted molar refractivity (Wildman–Crippen MR) is 102 cm³/mol. The molecule has 0 spiro atoms. The standard InChI is InChI=1S/C19H29N3O4/c1-13(2)11-22-15-10-14(21-18(24)20-8-9-25-5)6-7-16(15)26-12-19(3,4)17(22)23/h6-7,10,13H,8-9,11-12H2,1-5H3,(H2,20,21,24). The van der Waals surface area contributed by atoms with Gasteiger partial charge in [-0.3, -0.25) is 4.79 Å². The smallest absolute Gasteiger partial charge is 0.319 e. The highest BCUT2D eigenvalue weighted by Gasteiger charge is 2.38. The van der Waals surface area contributed by atoms with Crippen molar-refractivity contribution < 1.29 is 19.1 Å². The van der Waals surface area contributed by atoms with Gasteiger partial charge < -0.3 is 25.0 Å². The molecule has 2 rings (SSSR count). The van der Waals surface area contributed by atoms with Gasteiger partial charge in [-0.2, -0.15) is 0 Å². The van der Waals surface area contributed by atoms with Crippen molar-refractivity contribution in [1.29, 1.82) is 0 Å². The average molecular weight is 363 g/mol. The SMILES string of the molecule is COCCNC(=O)Nc1ccc2c(c1)N(CC(C)C)C(=O)C(C)(C)CO2. The number of ether oxygens (including phenoxy) is 2. The summed E-state index contributed by atoms with van der Waals surface area (Å²) in [5.41, 5.74) is 0.673. The molecule has 144 valence electrons. The molecule has 0 fully saturated rings. The first-order chi connectivity index (χ1) is 12.2. The van der Waals surface area contributed by atoms with E-state index in [0.29, 0.717) is 49.3 Å². The van der Waals surface area contributed by atoms with E-state index in [9.17, 15) is 9.59 Å². The van der Waals surface area contributed by atoms with Crippen LogP contribution in [0.4, 0.5) is 16.2 Å². The van der Waals surface area contributed by atoms with Crippen molar-refractivity contribution >= 4 is 23.3 Å². The number of carbonyl (C=O) groups is 2. The molecule has 1 aromatic rings. The second-order valence-electron chi connectivity index (χ2n) is 7.54. The van der Waals surface area contributed by atoms with E-state index in [1.54, 1.807) is 30.2 Å². The molecule has 7 nitrogen and oxygen atoms in total. The van der Waals surface area contributed by atoms with E-state index in [1.165, 1.54) is 0 Å². The fourth-order valence-corrected chi connectivity index (χ4v) is 2.71. The third kappa shape index (κ3) is 4.88. The van der Waals surface area contributed by atoms with E-state index < -0.39 is 5.41 Å². The summed E-state index contributed by atoms with van der Waals surface area (Å²) >= 11 is 0. The van der Waals surface area contributed by atoms with Gasteiger partial charge in [-0.05, 0) is 38.0 Å². The van der Waals surface area contributed by atoms with Crippen molar-refractivity contribution in [2.45, 2.75) is 27.7 Å². The maximum absolute atomic E-state index is 13.0. The molecule has 0 aromatic heterocycles. The number of fused-ring (bicyclic) bond motifs is 1. The second-order valence-corrected chi connectivity index (χ2v) is 7.54. The van der Waals surface area contributed by atoms with E-state index in [0.717, 1.165) is 0 Å². The van der Waals surface area contributed by atoms with Gasteiger partial charge in [0.1, 0.15) is 12.4 Å². The zero-order valence-corrected chi connectivity index (χ0v) is 16.2. The highest BCUT2D eigenvalue weighted by atomic mass is 16.5. The number of anilines is 2. The average Bonchev–Trinajstić information content (AvgIpc) is 2.65. The third-order valence-electron chi connectivity index (χ3n) is 4.06. The van der Waals surface area contributed by atoms with Gasteiger partial charge in [-0.15, -0.1) is 0 Å². The van der Waals surface area contributed by atoms with Crippen molar-refractivity contribution in [2.75, 3.05) is 43.6 Å².